The van der Waals surface area contributed by atoms with Crippen molar-refractivity contribution in [2.75, 3.05) is 20.1 Å². The first-order valence-electron chi connectivity index (χ1n) is 5.86. The van der Waals surface area contributed by atoms with Crippen LogP contribution in [0.5, 0.6) is 0 Å². The summed E-state index contributed by atoms with van der Waals surface area (Å²) in [5, 5.41) is 9.24. The molecule has 1 rings (SSSR count). The summed E-state index contributed by atoms with van der Waals surface area (Å²) in [6.07, 6.45) is 1.90. The Kier molecular flexibility index (Phi) is 3.65. The second-order valence-electron chi connectivity index (χ2n) is 6.35. The van der Waals surface area contributed by atoms with E-state index in [0.717, 1.165) is 19.4 Å². The van der Waals surface area contributed by atoms with Gasteiger partial charge in [0.15, 0.2) is 0 Å². The molecule has 0 aromatic rings. The van der Waals surface area contributed by atoms with Gasteiger partial charge in [0.1, 0.15) is 5.54 Å². The number of rotatable bonds is 5. The zero-order chi connectivity index (χ0) is 12.6. The maximum absolute atomic E-state index is 11.3. The minimum absolute atomic E-state index is 0.160. The monoisotopic (exact) mass is 228 g/mol. The third-order valence-corrected chi connectivity index (χ3v) is 2.98. The van der Waals surface area contributed by atoms with Crippen molar-refractivity contribution in [1.82, 2.24) is 4.90 Å². The highest BCUT2D eigenvalue weighted by molar-refractivity contribution is 5.79. The molecule has 0 aliphatic heterocycles. The van der Waals surface area contributed by atoms with Crippen molar-refractivity contribution in [3.8, 4) is 0 Å². The fourth-order valence-corrected chi connectivity index (χ4v) is 2.28. The Morgan fingerprint density at radius 2 is 1.88 bits per heavy atom. The Labute approximate surface area is 97.8 Å². The number of hydrogen-bond donors (Lipinski definition) is 2. The number of carboxylic acid groups (broad SMARTS) is 1. The molecule has 1 atom stereocenters. The number of nitrogens with two attached hydrogens (primary N) is 1. The molecular formula is C12H24N2O2. The van der Waals surface area contributed by atoms with Gasteiger partial charge in [-0.05, 0) is 31.2 Å². The van der Waals surface area contributed by atoms with Gasteiger partial charge >= 0.3 is 5.97 Å². The minimum Gasteiger partial charge on any atom is -0.480 e. The van der Waals surface area contributed by atoms with E-state index in [-0.39, 0.29) is 11.3 Å². The van der Waals surface area contributed by atoms with Gasteiger partial charge < -0.3 is 15.7 Å². The molecule has 0 bridgehead atoms. The lowest BCUT2D eigenvalue weighted by molar-refractivity contribution is -0.145. The number of likely N-dealkylation sites (N-methyl/N-ethyl adjacent to an activating group) is 1. The molecule has 1 saturated carbocycles. The molecule has 0 spiro atoms. The van der Waals surface area contributed by atoms with Gasteiger partial charge in [-0.2, -0.15) is 0 Å². The van der Waals surface area contributed by atoms with Crippen molar-refractivity contribution in [1.29, 1.82) is 0 Å². The molecule has 1 aliphatic rings. The Morgan fingerprint density at radius 3 is 2.19 bits per heavy atom. The quantitative estimate of drug-likeness (QED) is 0.741. The molecule has 0 saturated heterocycles. The van der Waals surface area contributed by atoms with Gasteiger partial charge in [-0.15, -0.1) is 0 Å². The molecule has 3 N–H and O–H groups in total. The van der Waals surface area contributed by atoms with E-state index in [0.29, 0.717) is 6.54 Å². The zero-order valence-corrected chi connectivity index (χ0v) is 10.8. The van der Waals surface area contributed by atoms with Crippen molar-refractivity contribution in [3.63, 3.8) is 0 Å². The van der Waals surface area contributed by atoms with E-state index in [2.05, 4.69) is 20.8 Å². The predicted molar refractivity (Wildman–Crippen MR) is 64.2 cm³/mol. The van der Waals surface area contributed by atoms with E-state index in [1.54, 1.807) is 0 Å². The summed E-state index contributed by atoms with van der Waals surface area (Å²) in [6, 6.07) is 0. The smallest absolute Gasteiger partial charge is 0.325 e. The third-order valence-electron chi connectivity index (χ3n) is 2.98. The van der Waals surface area contributed by atoms with E-state index in [9.17, 15) is 9.90 Å². The molecule has 0 amide bonds. The average molecular weight is 228 g/mol. The number of hydrogen-bond acceptors (Lipinski definition) is 3. The highest BCUT2D eigenvalue weighted by atomic mass is 16.4. The zero-order valence-electron chi connectivity index (χ0n) is 10.8. The average Bonchev–Trinajstić information content (AvgIpc) is 2.80. The van der Waals surface area contributed by atoms with Crippen LogP contribution >= 0.6 is 0 Å². The van der Waals surface area contributed by atoms with Crippen LogP contribution in [0.4, 0.5) is 0 Å². The van der Waals surface area contributed by atoms with Gasteiger partial charge in [0, 0.05) is 13.1 Å². The summed E-state index contributed by atoms with van der Waals surface area (Å²) in [4.78, 5) is 13.3. The molecule has 0 radical (unpaired) electrons. The molecule has 0 heterocycles. The number of carbonyl (C=O) groups is 1. The largest absolute Gasteiger partial charge is 0.480 e. The first kappa shape index (κ1) is 13.5. The Bertz CT molecular complexity index is 269. The SMILES string of the molecule is CN(CC(C)(C)C)CC(N)(C(=O)O)C1CC1. The van der Waals surface area contributed by atoms with Gasteiger partial charge in [0.2, 0.25) is 0 Å². The Morgan fingerprint density at radius 1 is 1.38 bits per heavy atom. The van der Waals surface area contributed by atoms with Crippen LogP contribution in [0.15, 0.2) is 0 Å². The number of aliphatic carboxylic acids is 1. The van der Waals surface area contributed by atoms with Crippen LogP contribution in [0.2, 0.25) is 0 Å². The van der Waals surface area contributed by atoms with Gasteiger partial charge in [0.25, 0.3) is 0 Å². The second kappa shape index (κ2) is 4.34. The minimum atomic E-state index is -1.06. The van der Waals surface area contributed by atoms with Gasteiger partial charge in [-0.1, -0.05) is 20.8 Å². The van der Waals surface area contributed by atoms with Crippen LogP contribution in [-0.2, 0) is 4.79 Å². The van der Waals surface area contributed by atoms with Crippen molar-refractivity contribution in [3.05, 3.63) is 0 Å². The van der Waals surface area contributed by atoms with Crippen LogP contribution < -0.4 is 5.73 Å². The summed E-state index contributed by atoms with van der Waals surface area (Å²) in [5.74, 6) is -0.705. The van der Waals surface area contributed by atoms with Crippen LogP contribution in [0.3, 0.4) is 0 Å². The van der Waals surface area contributed by atoms with Gasteiger partial charge in [-0.25, -0.2) is 0 Å². The summed E-state index contributed by atoms with van der Waals surface area (Å²) < 4.78 is 0. The summed E-state index contributed by atoms with van der Waals surface area (Å²) >= 11 is 0. The topological polar surface area (TPSA) is 66.6 Å². The standard InChI is InChI=1S/C12H24N2O2/c1-11(2,3)7-14(4)8-12(13,10(15)16)9-5-6-9/h9H,5-8,13H2,1-4H3,(H,15,16). The molecule has 1 fully saturated rings. The first-order chi connectivity index (χ1) is 7.15. The number of carboxylic acids is 1. The first-order valence-corrected chi connectivity index (χ1v) is 5.86. The molecule has 4 heteroatoms. The predicted octanol–water partition coefficient (Wildman–Crippen LogP) is 1.16. The lowest BCUT2D eigenvalue weighted by atomic mass is 9.91. The molecule has 94 valence electrons. The van der Waals surface area contributed by atoms with Gasteiger partial charge in [-0.3, -0.25) is 4.79 Å². The third kappa shape index (κ3) is 3.46. The lowest BCUT2D eigenvalue weighted by Gasteiger charge is -2.33. The molecule has 4 nitrogen and oxygen atoms in total. The van der Waals surface area contributed by atoms with Crippen molar-refractivity contribution >= 4 is 5.97 Å². The molecule has 0 aromatic carbocycles. The summed E-state index contributed by atoms with van der Waals surface area (Å²) in [6.45, 7) is 7.70. The van der Waals surface area contributed by atoms with Crippen LogP contribution in [-0.4, -0.2) is 41.7 Å². The van der Waals surface area contributed by atoms with E-state index < -0.39 is 11.5 Å². The molecule has 16 heavy (non-hydrogen) atoms. The fourth-order valence-electron chi connectivity index (χ4n) is 2.28. The van der Waals surface area contributed by atoms with E-state index in [1.807, 2.05) is 11.9 Å². The van der Waals surface area contributed by atoms with Crippen LogP contribution in [0.25, 0.3) is 0 Å². The summed E-state index contributed by atoms with van der Waals surface area (Å²) in [7, 11) is 1.94. The highest BCUT2D eigenvalue weighted by Crippen LogP contribution is 2.39. The fraction of sp³-hybridized carbons (Fsp3) is 0.917. The Hall–Kier alpha value is -0.610. The molecule has 1 aliphatic carbocycles. The number of nitrogens with zero attached hydrogens (tertiary/aromatic N) is 1. The maximum atomic E-state index is 11.3. The highest BCUT2D eigenvalue weighted by Gasteiger charge is 2.48. The van der Waals surface area contributed by atoms with E-state index in [4.69, 9.17) is 5.73 Å². The van der Waals surface area contributed by atoms with Crippen LogP contribution in [0, 0.1) is 11.3 Å². The summed E-state index contributed by atoms with van der Waals surface area (Å²) in [5.41, 5.74) is 5.13. The second-order valence-corrected chi connectivity index (χ2v) is 6.35. The van der Waals surface area contributed by atoms with Gasteiger partial charge in [0.05, 0.1) is 0 Å². The molecule has 0 aromatic heterocycles. The van der Waals surface area contributed by atoms with Crippen molar-refractivity contribution in [2.24, 2.45) is 17.1 Å². The van der Waals surface area contributed by atoms with E-state index >= 15 is 0 Å². The van der Waals surface area contributed by atoms with Crippen LogP contribution in [0.1, 0.15) is 33.6 Å². The molecule has 1 unspecified atom stereocenters. The van der Waals surface area contributed by atoms with E-state index in [1.165, 1.54) is 0 Å². The van der Waals surface area contributed by atoms with Crippen molar-refractivity contribution in [2.45, 2.75) is 39.2 Å². The Balaban J connectivity index is 2.59. The van der Waals surface area contributed by atoms with Crippen molar-refractivity contribution < 1.29 is 9.90 Å². The maximum Gasteiger partial charge on any atom is 0.325 e. The normalized spacial score (nSPS) is 20.9. The molecular weight excluding hydrogens is 204 g/mol. The lowest BCUT2D eigenvalue weighted by Crippen LogP contribution is -2.58.